The molecule has 2 atom stereocenters. The number of aryl methyl sites for hydroxylation is 1. The predicted molar refractivity (Wildman–Crippen MR) is 68.8 cm³/mol. The van der Waals surface area contributed by atoms with Gasteiger partial charge in [0.15, 0.2) is 0 Å². The molecule has 2 unspecified atom stereocenters. The summed E-state index contributed by atoms with van der Waals surface area (Å²) < 4.78 is 0. The van der Waals surface area contributed by atoms with Crippen LogP contribution in [0.4, 0.5) is 0 Å². The van der Waals surface area contributed by atoms with Crippen molar-refractivity contribution in [3.63, 3.8) is 0 Å². The van der Waals surface area contributed by atoms with E-state index < -0.39 is 0 Å². The van der Waals surface area contributed by atoms with Gasteiger partial charge in [0.25, 0.3) is 0 Å². The van der Waals surface area contributed by atoms with Gasteiger partial charge in [-0.05, 0) is 54.0 Å². The highest BCUT2D eigenvalue weighted by Crippen LogP contribution is 2.29. The second-order valence-electron chi connectivity index (χ2n) is 4.52. The quantitative estimate of drug-likeness (QED) is 0.533. The minimum absolute atomic E-state index is 0.270. The van der Waals surface area contributed by atoms with Crippen molar-refractivity contribution in [2.75, 3.05) is 0 Å². The summed E-state index contributed by atoms with van der Waals surface area (Å²) in [7, 11) is 0. The summed E-state index contributed by atoms with van der Waals surface area (Å²) in [4.78, 5) is 0. The fourth-order valence-electron chi connectivity index (χ4n) is 2.23. The average molecular weight is 241 g/mol. The summed E-state index contributed by atoms with van der Waals surface area (Å²) in [5.74, 6) is 0.759. The molecule has 0 amide bonds. The number of hydrogen-bond donors (Lipinski definition) is 0. The zero-order valence-corrected chi connectivity index (χ0v) is 10.7. The first-order chi connectivity index (χ1) is 7.24. The zero-order valence-electron chi connectivity index (χ0n) is 9.08. The molecule has 15 heavy (non-hydrogen) atoms. The monoisotopic (exact) mass is 240 g/mol. The maximum Gasteiger partial charge on any atom is 0.0521 e. The predicted octanol–water partition coefficient (Wildman–Crippen LogP) is 4.64. The standard InChI is InChI=1S/C13H17ClS/c1-10-6-12(8-13(14)7-10)3-2-11-4-5-15-9-11/h4-5,8-10,13H,2-3,6-7H2,1H3. The molecule has 0 fully saturated rings. The van der Waals surface area contributed by atoms with Crippen LogP contribution in [-0.2, 0) is 6.42 Å². The molecule has 0 saturated carbocycles. The molecule has 82 valence electrons. The van der Waals surface area contributed by atoms with E-state index in [-0.39, 0.29) is 5.38 Å². The molecule has 1 aromatic rings. The summed E-state index contributed by atoms with van der Waals surface area (Å²) in [6, 6.07) is 2.22. The lowest BCUT2D eigenvalue weighted by atomic mass is 9.87. The van der Waals surface area contributed by atoms with Crippen LogP contribution in [0.1, 0.15) is 31.7 Å². The van der Waals surface area contributed by atoms with Crippen LogP contribution in [-0.4, -0.2) is 5.38 Å². The van der Waals surface area contributed by atoms with Crippen LogP contribution < -0.4 is 0 Å². The van der Waals surface area contributed by atoms with Crippen molar-refractivity contribution in [3.05, 3.63) is 34.0 Å². The molecule has 1 aliphatic carbocycles. The average Bonchev–Trinajstić information content (AvgIpc) is 2.65. The molecule has 0 radical (unpaired) electrons. The van der Waals surface area contributed by atoms with E-state index in [4.69, 9.17) is 11.6 Å². The Balaban J connectivity index is 1.89. The molecule has 1 aliphatic rings. The second-order valence-corrected chi connectivity index (χ2v) is 5.86. The highest BCUT2D eigenvalue weighted by atomic mass is 35.5. The molecule has 2 rings (SSSR count). The Hall–Kier alpha value is -0.270. The second kappa shape index (κ2) is 5.18. The number of alkyl halides is 1. The number of hydrogen-bond acceptors (Lipinski definition) is 1. The first-order valence-corrected chi connectivity index (χ1v) is 6.96. The molecule has 1 heterocycles. The SMILES string of the molecule is CC1CC(CCc2ccsc2)=CC(Cl)C1. The van der Waals surface area contributed by atoms with Crippen molar-refractivity contribution in [3.8, 4) is 0 Å². The van der Waals surface area contributed by atoms with Gasteiger partial charge in [-0.15, -0.1) is 11.6 Å². The van der Waals surface area contributed by atoms with Gasteiger partial charge in [0, 0.05) is 0 Å². The molecular formula is C13H17ClS. The molecule has 0 bridgehead atoms. The minimum Gasteiger partial charge on any atom is -0.152 e. The Bertz CT molecular complexity index is 326. The van der Waals surface area contributed by atoms with Crippen molar-refractivity contribution >= 4 is 22.9 Å². The normalized spacial score (nSPS) is 26.4. The van der Waals surface area contributed by atoms with E-state index in [0.29, 0.717) is 0 Å². The molecule has 0 aliphatic heterocycles. The Kier molecular flexibility index (Phi) is 3.87. The lowest BCUT2D eigenvalue weighted by Crippen LogP contribution is -2.12. The van der Waals surface area contributed by atoms with Crippen molar-refractivity contribution in [1.29, 1.82) is 0 Å². The third-order valence-corrected chi connectivity index (χ3v) is 4.01. The van der Waals surface area contributed by atoms with E-state index in [1.807, 2.05) is 0 Å². The van der Waals surface area contributed by atoms with Gasteiger partial charge in [-0.2, -0.15) is 11.3 Å². The fraction of sp³-hybridized carbons (Fsp3) is 0.538. The summed E-state index contributed by atoms with van der Waals surface area (Å²) in [6.45, 7) is 2.30. The minimum atomic E-state index is 0.270. The molecular weight excluding hydrogens is 224 g/mol. The Labute approximate surface area is 101 Å². The number of thiophene rings is 1. The van der Waals surface area contributed by atoms with E-state index in [9.17, 15) is 0 Å². The van der Waals surface area contributed by atoms with Crippen LogP contribution >= 0.6 is 22.9 Å². The Morgan fingerprint density at radius 2 is 2.33 bits per heavy atom. The van der Waals surface area contributed by atoms with Crippen LogP contribution in [0.15, 0.2) is 28.5 Å². The van der Waals surface area contributed by atoms with Crippen LogP contribution in [0.3, 0.4) is 0 Å². The zero-order chi connectivity index (χ0) is 10.7. The fourth-order valence-corrected chi connectivity index (χ4v) is 3.42. The van der Waals surface area contributed by atoms with Crippen molar-refractivity contribution in [2.24, 2.45) is 5.92 Å². The van der Waals surface area contributed by atoms with Gasteiger partial charge in [-0.3, -0.25) is 0 Å². The first kappa shape index (κ1) is 11.2. The summed E-state index contributed by atoms with van der Waals surface area (Å²) >= 11 is 7.97. The summed E-state index contributed by atoms with van der Waals surface area (Å²) in [6.07, 6.45) is 7.01. The van der Waals surface area contributed by atoms with Crippen LogP contribution in [0, 0.1) is 5.92 Å². The molecule has 0 saturated heterocycles. The van der Waals surface area contributed by atoms with Gasteiger partial charge in [-0.1, -0.05) is 18.6 Å². The maximum atomic E-state index is 6.19. The first-order valence-electron chi connectivity index (χ1n) is 5.59. The largest absolute Gasteiger partial charge is 0.152 e. The van der Waals surface area contributed by atoms with E-state index in [0.717, 1.165) is 12.3 Å². The molecule has 2 heteroatoms. The van der Waals surface area contributed by atoms with Gasteiger partial charge >= 0.3 is 0 Å². The lowest BCUT2D eigenvalue weighted by molar-refractivity contribution is 0.503. The molecule has 0 N–H and O–H groups in total. The van der Waals surface area contributed by atoms with Gasteiger partial charge in [-0.25, -0.2) is 0 Å². The third kappa shape index (κ3) is 3.35. The van der Waals surface area contributed by atoms with E-state index in [1.54, 1.807) is 16.9 Å². The van der Waals surface area contributed by atoms with Gasteiger partial charge < -0.3 is 0 Å². The Morgan fingerprint density at radius 3 is 3.00 bits per heavy atom. The van der Waals surface area contributed by atoms with E-state index >= 15 is 0 Å². The molecule has 0 aromatic carbocycles. The Morgan fingerprint density at radius 1 is 1.47 bits per heavy atom. The number of allylic oxidation sites excluding steroid dienone is 2. The summed E-state index contributed by atoms with van der Waals surface area (Å²) in [5, 5.41) is 4.66. The van der Waals surface area contributed by atoms with Gasteiger partial charge in [0.05, 0.1) is 5.38 Å². The van der Waals surface area contributed by atoms with Crippen LogP contribution in [0.2, 0.25) is 0 Å². The van der Waals surface area contributed by atoms with E-state index in [2.05, 4.69) is 29.8 Å². The van der Waals surface area contributed by atoms with Crippen molar-refractivity contribution in [1.82, 2.24) is 0 Å². The lowest BCUT2D eigenvalue weighted by Gasteiger charge is -2.22. The molecule has 0 nitrogen and oxygen atoms in total. The smallest absolute Gasteiger partial charge is 0.0521 e. The topological polar surface area (TPSA) is 0 Å². The van der Waals surface area contributed by atoms with Gasteiger partial charge in [0.1, 0.15) is 0 Å². The number of halogens is 1. The van der Waals surface area contributed by atoms with Crippen LogP contribution in [0.5, 0.6) is 0 Å². The molecule has 1 aromatic heterocycles. The maximum absolute atomic E-state index is 6.19. The third-order valence-electron chi connectivity index (χ3n) is 2.97. The van der Waals surface area contributed by atoms with Gasteiger partial charge in [0.2, 0.25) is 0 Å². The molecule has 0 spiro atoms. The van der Waals surface area contributed by atoms with Crippen molar-refractivity contribution in [2.45, 2.75) is 38.0 Å². The highest BCUT2D eigenvalue weighted by molar-refractivity contribution is 7.07. The number of rotatable bonds is 3. The van der Waals surface area contributed by atoms with Crippen LogP contribution in [0.25, 0.3) is 0 Å². The summed E-state index contributed by atoms with van der Waals surface area (Å²) in [5.41, 5.74) is 3.02. The van der Waals surface area contributed by atoms with Crippen molar-refractivity contribution < 1.29 is 0 Å². The van der Waals surface area contributed by atoms with E-state index in [1.165, 1.54) is 24.8 Å². The highest BCUT2D eigenvalue weighted by Gasteiger charge is 2.17.